The van der Waals surface area contributed by atoms with Crippen LogP contribution in [0.4, 0.5) is 16.2 Å². The second-order valence-electron chi connectivity index (χ2n) is 4.17. The lowest BCUT2D eigenvalue weighted by Gasteiger charge is -2.35. The molecule has 2 aromatic rings. The number of nitrogens with two attached hydrogens (primary N) is 1. The van der Waals surface area contributed by atoms with Crippen LogP contribution in [0.15, 0.2) is 60.7 Å². The van der Waals surface area contributed by atoms with Crippen LogP contribution in [0.3, 0.4) is 0 Å². The van der Waals surface area contributed by atoms with E-state index < -0.39 is 6.03 Å². The molecule has 5 heteroatoms. The smallest absolute Gasteiger partial charge is 0.334 e. The summed E-state index contributed by atoms with van der Waals surface area (Å²) in [5.41, 5.74) is 7.03. The van der Waals surface area contributed by atoms with E-state index in [-0.39, 0.29) is 13.2 Å². The standard InChI is InChI=1S/C15H17N3O2/c16-15(20)17(11-12-19)18(13-7-3-1-4-8-13)14-9-5-2-6-10-14/h1-10,19H,11-12H2,(H2,16,20). The summed E-state index contributed by atoms with van der Waals surface area (Å²) in [5, 5.41) is 12.2. The van der Waals surface area contributed by atoms with Crippen LogP contribution in [0.1, 0.15) is 0 Å². The number of benzene rings is 2. The number of rotatable bonds is 5. The number of hydrogen-bond donors (Lipinski definition) is 2. The molecule has 20 heavy (non-hydrogen) atoms. The number of primary amides is 1. The number of aliphatic hydroxyl groups excluding tert-OH is 1. The van der Waals surface area contributed by atoms with Gasteiger partial charge >= 0.3 is 6.03 Å². The number of hydrogen-bond acceptors (Lipinski definition) is 3. The predicted octanol–water partition coefficient (Wildman–Crippen LogP) is 2.11. The maximum absolute atomic E-state index is 11.7. The summed E-state index contributed by atoms with van der Waals surface area (Å²) in [5.74, 6) is 0. The van der Waals surface area contributed by atoms with Crippen molar-refractivity contribution < 1.29 is 9.90 Å². The zero-order chi connectivity index (χ0) is 14.4. The van der Waals surface area contributed by atoms with Crippen molar-refractivity contribution in [2.45, 2.75) is 0 Å². The number of anilines is 2. The minimum Gasteiger partial charge on any atom is -0.394 e. The molecule has 2 aromatic carbocycles. The van der Waals surface area contributed by atoms with Gasteiger partial charge in [0.05, 0.1) is 24.5 Å². The molecule has 0 spiro atoms. The van der Waals surface area contributed by atoms with Gasteiger partial charge in [0.1, 0.15) is 0 Å². The quantitative estimate of drug-likeness (QED) is 0.818. The van der Waals surface area contributed by atoms with E-state index in [9.17, 15) is 4.79 Å². The molecular weight excluding hydrogens is 254 g/mol. The van der Waals surface area contributed by atoms with E-state index in [1.165, 1.54) is 5.01 Å². The van der Waals surface area contributed by atoms with Gasteiger partial charge in [0, 0.05) is 0 Å². The van der Waals surface area contributed by atoms with Gasteiger partial charge in [0.25, 0.3) is 0 Å². The van der Waals surface area contributed by atoms with Crippen molar-refractivity contribution in [3.8, 4) is 0 Å². The Balaban J connectivity index is 2.46. The Morgan fingerprint density at radius 1 is 0.950 bits per heavy atom. The molecule has 2 rings (SSSR count). The largest absolute Gasteiger partial charge is 0.394 e. The van der Waals surface area contributed by atoms with Crippen LogP contribution in [0, 0.1) is 0 Å². The number of carbonyl (C=O) groups is 1. The Labute approximate surface area is 117 Å². The molecule has 0 bridgehead atoms. The van der Waals surface area contributed by atoms with Crippen molar-refractivity contribution in [2.75, 3.05) is 18.2 Å². The van der Waals surface area contributed by atoms with Gasteiger partial charge in [-0.15, -0.1) is 0 Å². The Morgan fingerprint density at radius 3 is 1.75 bits per heavy atom. The maximum atomic E-state index is 11.7. The Morgan fingerprint density at radius 2 is 1.40 bits per heavy atom. The van der Waals surface area contributed by atoms with Crippen LogP contribution < -0.4 is 10.7 Å². The van der Waals surface area contributed by atoms with E-state index in [0.29, 0.717) is 0 Å². The van der Waals surface area contributed by atoms with Crippen LogP contribution in [-0.4, -0.2) is 29.3 Å². The Kier molecular flexibility index (Phi) is 4.57. The Hall–Kier alpha value is -2.53. The normalized spacial score (nSPS) is 10.1. The number of hydrazine groups is 1. The third-order valence-corrected chi connectivity index (χ3v) is 2.81. The molecule has 0 unspecified atom stereocenters. The van der Waals surface area contributed by atoms with Gasteiger partial charge in [-0.3, -0.25) is 0 Å². The molecule has 0 saturated carbocycles. The van der Waals surface area contributed by atoms with Gasteiger partial charge in [0.15, 0.2) is 0 Å². The first-order valence-electron chi connectivity index (χ1n) is 6.32. The van der Waals surface area contributed by atoms with E-state index in [4.69, 9.17) is 10.8 Å². The first kappa shape index (κ1) is 13.9. The van der Waals surface area contributed by atoms with Crippen LogP contribution in [0.2, 0.25) is 0 Å². The monoisotopic (exact) mass is 271 g/mol. The van der Waals surface area contributed by atoms with Crippen molar-refractivity contribution in [1.29, 1.82) is 0 Å². The lowest BCUT2D eigenvalue weighted by atomic mass is 10.2. The number of amides is 2. The van der Waals surface area contributed by atoms with Crippen LogP contribution >= 0.6 is 0 Å². The highest BCUT2D eigenvalue weighted by Gasteiger charge is 2.20. The number of para-hydroxylation sites is 2. The molecule has 0 aliphatic heterocycles. The van der Waals surface area contributed by atoms with E-state index in [0.717, 1.165) is 11.4 Å². The molecule has 0 atom stereocenters. The molecule has 2 amide bonds. The van der Waals surface area contributed by atoms with E-state index in [1.54, 1.807) is 5.01 Å². The molecule has 0 aliphatic carbocycles. The number of nitrogens with zero attached hydrogens (tertiary/aromatic N) is 2. The summed E-state index contributed by atoms with van der Waals surface area (Å²) in [6.07, 6.45) is 0. The zero-order valence-corrected chi connectivity index (χ0v) is 11.0. The minimum atomic E-state index is -0.619. The van der Waals surface area contributed by atoms with Crippen LogP contribution in [-0.2, 0) is 0 Å². The number of carbonyl (C=O) groups excluding carboxylic acids is 1. The average molecular weight is 271 g/mol. The third kappa shape index (κ3) is 3.07. The Bertz CT molecular complexity index is 506. The summed E-state index contributed by atoms with van der Waals surface area (Å²) in [7, 11) is 0. The first-order valence-corrected chi connectivity index (χ1v) is 6.32. The van der Waals surface area contributed by atoms with Gasteiger partial charge in [-0.25, -0.2) is 14.8 Å². The molecule has 3 N–H and O–H groups in total. The summed E-state index contributed by atoms with van der Waals surface area (Å²) >= 11 is 0. The lowest BCUT2D eigenvalue weighted by molar-refractivity contribution is 0.185. The summed E-state index contributed by atoms with van der Waals surface area (Å²) < 4.78 is 0. The highest BCUT2D eigenvalue weighted by Crippen LogP contribution is 2.26. The molecule has 0 aromatic heterocycles. The average Bonchev–Trinajstić information content (AvgIpc) is 2.49. The predicted molar refractivity (Wildman–Crippen MR) is 78.4 cm³/mol. The third-order valence-electron chi connectivity index (χ3n) is 2.81. The molecule has 0 radical (unpaired) electrons. The fraction of sp³-hybridized carbons (Fsp3) is 0.133. The van der Waals surface area contributed by atoms with Gasteiger partial charge in [-0.2, -0.15) is 0 Å². The van der Waals surface area contributed by atoms with Crippen LogP contribution in [0.25, 0.3) is 0 Å². The van der Waals surface area contributed by atoms with E-state index in [2.05, 4.69) is 0 Å². The highest BCUT2D eigenvalue weighted by molar-refractivity contribution is 5.78. The zero-order valence-electron chi connectivity index (χ0n) is 11.0. The van der Waals surface area contributed by atoms with Gasteiger partial charge in [-0.1, -0.05) is 36.4 Å². The second-order valence-corrected chi connectivity index (χ2v) is 4.17. The van der Waals surface area contributed by atoms with E-state index in [1.807, 2.05) is 60.7 Å². The summed E-state index contributed by atoms with van der Waals surface area (Å²) in [4.78, 5) is 11.7. The summed E-state index contributed by atoms with van der Waals surface area (Å²) in [6, 6.07) is 18.2. The van der Waals surface area contributed by atoms with Crippen molar-refractivity contribution in [3.05, 3.63) is 60.7 Å². The van der Waals surface area contributed by atoms with Gasteiger partial charge in [0.2, 0.25) is 0 Å². The highest BCUT2D eigenvalue weighted by atomic mass is 16.3. The molecule has 0 aliphatic rings. The fourth-order valence-electron chi connectivity index (χ4n) is 1.97. The molecule has 0 heterocycles. The topological polar surface area (TPSA) is 69.8 Å². The van der Waals surface area contributed by atoms with Crippen LogP contribution in [0.5, 0.6) is 0 Å². The van der Waals surface area contributed by atoms with E-state index >= 15 is 0 Å². The molecule has 0 fully saturated rings. The van der Waals surface area contributed by atoms with Crippen molar-refractivity contribution in [2.24, 2.45) is 5.73 Å². The van der Waals surface area contributed by atoms with Crippen molar-refractivity contribution in [3.63, 3.8) is 0 Å². The number of aliphatic hydroxyl groups is 1. The van der Waals surface area contributed by atoms with Crippen molar-refractivity contribution in [1.82, 2.24) is 5.01 Å². The molecule has 5 nitrogen and oxygen atoms in total. The van der Waals surface area contributed by atoms with Gasteiger partial charge in [-0.05, 0) is 24.3 Å². The lowest BCUT2D eigenvalue weighted by Crippen LogP contribution is -2.48. The van der Waals surface area contributed by atoms with Crippen molar-refractivity contribution >= 4 is 17.4 Å². The first-order chi connectivity index (χ1) is 9.74. The minimum absolute atomic E-state index is 0.124. The SMILES string of the molecule is NC(=O)N(CCO)N(c1ccccc1)c1ccccc1. The number of urea groups is 1. The molecular formula is C15H17N3O2. The van der Waals surface area contributed by atoms with Gasteiger partial charge < -0.3 is 10.8 Å². The summed E-state index contributed by atoms with van der Waals surface area (Å²) in [6.45, 7) is -0.0434. The molecule has 104 valence electrons. The maximum Gasteiger partial charge on any atom is 0.334 e. The fourth-order valence-corrected chi connectivity index (χ4v) is 1.97. The molecule has 0 saturated heterocycles. The second kappa shape index (κ2) is 6.58.